The van der Waals surface area contributed by atoms with Gasteiger partial charge in [-0.2, -0.15) is 8.42 Å². The molecule has 0 radical (unpaired) electrons. The third-order valence-corrected chi connectivity index (χ3v) is 5.83. The number of amides is 1. The van der Waals surface area contributed by atoms with Gasteiger partial charge in [-0.15, -0.1) is 16.8 Å². The first-order valence-corrected chi connectivity index (χ1v) is 9.39. The molecular formula is C16H25ClN4O3S. The molecule has 0 unspecified atom stereocenters. The van der Waals surface area contributed by atoms with Gasteiger partial charge < -0.3 is 16.0 Å². The van der Waals surface area contributed by atoms with Crippen molar-refractivity contribution >= 4 is 34.2 Å². The Balaban J connectivity index is 0.00000312. The molecule has 0 saturated carbocycles. The summed E-state index contributed by atoms with van der Waals surface area (Å²) in [5, 5.41) is 2.97. The highest BCUT2D eigenvalue weighted by atomic mass is 35.5. The second-order valence-electron chi connectivity index (χ2n) is 5.98. The summed E-state index contributed by atoms with van der Waals surface area (Å²) in [7, 11) is -2.04. The number of carbonyl (C=O) groups excluding carboxylic acids is 1. The van der Waals surface area contributed by atoms with Crippen LogP contribution in [-0.2, 0) is 14.8 Å². The molecule has 1 aromatic rings. The summed E-state index contributed by atoms with van der Waals surface area (Å²) in [6.45, 7) is 4.31. The Kier molecular flexibility index (Phi) is 6.99. The molecule has 7 nitrogen and oxygen atoms in total. The second-order valence-corrected chi connectivity index (χ2v) is 7.55. The lowest BCUT2D eigenvalue weighted by Crippen LogP contribution is -2.55. The predicted octanol–water partition coefficient (Wildman–Crippen LogP) is 1.12. The molecule has 3 N–H and O–H groups in total. The van der Waals surface area contributed by atoms with Crippen LogP contribution < -0.4 is 11.1 Å². The van der Waals surface area contributed by atoms with Gasteiger partial charge in [0.1, 0.15) is 4.90 Å². The number of hydrogen-bond donors (Lipinski definition) is 2. The molecule has 0 atom stereocenters. The Hall–Kier alpha value is -1.64. The van der Waals surface area contributed by atoms with Crippen LogP contribution in [0.5, 0.6) is 0 Å². The van der Waals surface area contributed by atoms with Crippen LogP contribution >= 0.6 is 12.4 Å². The number of amidine groups is 1. The molecule has 9 heteroatoms. The summed E-state index contributed by atoms with van der Waals surface area (Å²) in [5.74, 6) is 0.0724. The number of fused-ring (bicyclic) bond motifs is 1. The molecule has 1 aliphatic heterocycles. The summed E-state index contributed by atoms with van der Waals surface area (Å²) in [4.78, 5) is 14.1. The molecule has 0 aromatic heterocycles. The molecule has 2 rings (SSSR count). The molecule has 25 heavy (non-hydrogen) atoms. The first-order chi connectivity index (χ1) is 11.3. The summed E-state index contributed by atoms with van der Waals surface area (Å²) in [5.41, 5.74) is 5.88. The number of benzene rings is 1. The first kappa shape index (κ1) is 21.4. The third-order valence-electron chi connectivity index (χ3n) is 4.50. The fourth-order valence-electron chi connectivity index (χ4n) is 2.76. The Labute approximate surface area is 155 Å². The Morgan fingerprint density at radius 3 is 2.44 bits per heavy atom. The number of nitrogens with one attached hydrogen (secondary N) is 1. The quantitative estimate of drug-likeness (QED) is 0.759. The average Bonchev–Trinajstić information content (AvgIpc) is 2.85. The molecule has 0 spiro atoms. The maximum absolute atomic E-state index is 12.4. The molecule has 1 heterocycles. The largest absolute Gasteiger partial charge is 0.349 e. The maximum atomic E-state index is 12.4. The van der Waals surface area contributed by atoms with E-state index in [2.05, 4.69) is 9.71 Å². The molecule has 1 aliphatic rings. The number of nitrogens with zero attached hydrogens (tertiary/aromatic N) is 2. The van der Waals surface area contributed by atoms with Crippen LogP contribution in [0, 0.1) is 0 Å². The monoisotopic (exact) mass is 388 g/mol. The number of halogens is 1. The molecule has 0 aliphatic carbocycles. The van der Waals surface area contributed by atoms with E-state index in [-0.39, 0.29) is 35.6 Å². The molecule has 0 fully saturated rings. The van der Waals surface area contributed by atoms with Crippen molar-refractivity contribution in [1.29, 1.82) is 0 Å². The van der Waals surface area contributed by atoms with E-state index in [0.29, 0.717) is 12.1 Å². The zero-order valence-corrected chi connectivity index (χ0v) is 16.3. The lowest BCUT2D eigenvalue weighted by atomic mass is 9.93. The van der Waals surface area contributed by atoms with Crippen molar-refractivity contribution < 1.29 is 13.2 Å². The first-order valence-electron chi connectivity index (χ1n) is 7.95. The van der Waals surface area contributed by atoms with E-state index in [4.69, 9.17) is 5.73 Å². The molecule has 0 bridgehead atoms. The number of nitrogens with two attached hydrogens (primary N) is 1. The molecular weight excluding hydrogens is 364 g/mol. The normalized spacial score (nSPS) is 15.0. The smallest absolute Gasteiger partial charge is 0.285 e. The van der Waals surface area contributed by atoms with E-state index in [1.807, 2.05) is 13.8 Å². The fraction of sp³-hybridized carbons (Fsp3) is 0.500. The van der Waals surface area contributed by atoms with Crippen LogP contribution in [0.3, 0.4) is 0 Å². The lowest BCUT2D eigenvalue weighted by molar-refractivity contribution is -0.123. The third kappa shape index (κ3) is 4.31. The average molecular weight is 389 g/mol. The van der Waals surface area contributed by atoms with Crippen LogP contribution in [0.25, 0.3) is 0 Å². The zero-order chi connectivity index (χ0) is 18.0. The number of likely N-dealkylation sites (N-methyl/N-ethyl adjacent to an activating group) is 1. The van der Waals surface area contributed by atoms with Gasteiger partial charge in [-0.3, -0.25) is 4.79 Å². The van der Waals surface area contributed by atoms with Crippen LogP contribution in [0.2, 0.25) is 0 Å². The van der Waals surface area contributed by atoms with E-state index in [1.54, 1.807) is 30.1 Å². The van der Waals surface area contributed by atoms with E-state index in [9.17, 15) is 13.2 Å². The Morgan fingerprint density at radius 2 is 1.88 bits per heavy atom. The van der Waals surface area contributed by atoms with E-state index < -0.39 is 15.6 Å². The van der Waals surface area contributed by atoms with E-state index >= 15 is 0 Å². The fourth-order valence-corrected chi connectivity index (χ4v) is 4.01. The second kappa shape index (κ2) is 8.16. The predicted molar refractivity (Wildman–Crippen MR) is 101 cm³/mol. The summed E-state index contributed by atoms with van der Waals surface area (Å²) < 4.78 is 28.0. The van der Waals surface area contributed by atoms with E-state index in [0.717, 1.165) is 12.8 Å². The summed E-state index contributed by atoms with van der Waals surface area (Å²) >= 11 is 0. The number of hydrogen-bond acceptors (Lipinski definition) is 5. The van der Waals surface area contributed by atoms with Crippen LogP contribution in [0.15, 0.2) is 33.6 Å². The lowest BCUT2D eigenvalue weighted by Gasteiger charge is -2.32. The molecule has 0 saturated heterocycles. The molecule has 140 valence electrons. The maximum Gasteiger partial charge on any atom is 0.285 e. The van der Waals surface area contributed by atoms with Crippen LogP contribution in [0.1, 0.15) is 32.3 Å². The highest BCUT2D eigenvalue weighted by Crippen LogP contribution is 2.26. The van der Waals surface area contributed by atoms with Gasteiger partial charge in [0.15, 0.2) is 5.84 Å². The van der Waals surface area contributed by atoms with Gasteiger partial charge in [-0.05, 0) is 25.0 Å². The van der Waals surface area contributed by atoms with Gasteiger partial charge in [0.25, 0.3) is 10.0 Å². The minimum absolute atomic E-state index is 0. The standard InChI is InChI=1S/C16H24N4O3S.ClH/c1-4-16(5-2,11-17)18-14(21)10-20(3)15-12-8-6-7-9-13(12)24(22,23)19-15;/h6-9H,4-5,10-11,17H2,1-3H3,(H,18,21);1H. The highest BCUT2D eigenvalue weighted by Gasteiger charge is 2.32. The van der Waals surface area contributed by atoms with Gasteiger partial charge >= 0.3 is 0 Å². The van der Waals surface area contributed by atoms with Gasteiger partial charge in [0, 0.05) is 19.2 Å². The molecule has 1 aromatic carbocycles. The van der Waals surface area contributed by atoms with Crippen LogP contribution in [0.4, 0.5) is 0 Å². The van der Waals surface area contributed by atoms with Crippen molar-refractivity contribution in [2.24, 2.45) is 10.1 Å². The Morgan fingerprint density at radius 1 is 1.28 bits per heavy atom. The summed E-state index contributed by atoms with van der Waals surface area (Å²) in [6, 6.07) is 6.61. The van der Waals surface area contributed by atoms with Crippen molar-refractivity contribution in [2.45, 2.75) is 37.1 Å². The van der Waals surface area contributed by atoms with Crippen molar-refractivity contribution in [3.05, 3.63) is 29.8 Å². The van der Waals surface area contributed by atoms with Gasteiger partial charge in [-0.1, -0.05) is 26.0 Å². The summed E-state index contributed by atoms with van der Waals surface area (Å²) in [6.07, 6.45) is 1.46. The SMILES string of the molecule is CCC(CC)(CN)NC(=O)CN(C)C1=NS(=O)(=O)c2ccccc21.Cl. The molecule has 1 amide bonds. The highest BCUT2D eigenvalue weighted by molar-refractivity contribution is 7.90. The van der Waals surface area contributed by atoms with Gasteiger partial charge in [-0.25, -0.2) is 0 Å². The van der Waals surface area contributed by atoms with Gasteiger partial charge in [0.2, 0.25) is 5.91 Å². The van der Waals surface area contributed by atoms with Crippen LogP contribution in [-0.4, -0.2) is 50.7 Å². The minimum atomic E-state index is -3.69. The van der Waals surface area contributed by atoms with Crippen molar-refractivity contribution in [3.63, 3.8) is 0 Å². The van der Waals surface area contributed by atoms with Crippen molar-refractivity contribution in [1.82, 2.24) is 10.2 Å². The number of sulfonamides is 1. The van der Waals surface area contributed by atoms with Gasteiger partial charge in [0.05, 0.1) is 12.1 Å². The minimum Gasteiger partial charge on any atom is -0.349 e. The number of carbonyl (C=O) groups is 1. The van der Waals surface area contributed by atoms with Crippen molar-refractivity contribution in [3.8, 4) is 0 Å². The van der Waals surface area contributed by atoms with E-state index in [1.165, 1.54) is 6.07 Å². The number of rotatable bonds is 6. The zero-order valence-electron chi connectivity index (χ0n) is 14.7. The Bertz CT molecular complexity index is 752. The topological polar surface area (TPSA) is 105 Å². The van der Waals surface area contributed by atoms with Crippen molar-refractivity contribution in [2.75, 3.05) is 20.1 Å².